The zero-order chi connectivity index (χ0) is 12.5. The molecule has 0 fully saturated rings. The fourth-order valence-corrected chi connectivity index (χ4v) is 2.04. The highest BCUT2D eigenvalue weighted by Gasteiger charge is 2.09. The minimum atomic E-state index is 0.615. The van der Waals surface area contributed by atoms with Gasteiger partial charge in [-0.3, -0.25) is 4.68 Å². The molecule has 0 amide bonds. The van der Waals surface area contributed by atoms with Gasteiger partial charge in [0.25, 0.3) is 0 Å². The van der Waals surface area contributed by atoms with Gasteiger partial charge in [0.05, 0.1) is 6.20 Å². The molecule has 98 valence electrons. The van der Waals surface area contributed by atoms with Gasteiger partial charge in [-0.05, 0) is 38.3 Å². The van der Waals surface area contributed by atoms with Crippen molar-refractivity contribution in [2.75, 3.05) is 6.54 Å². The van der Waals surface area contributed by atoms with E-state index in [0.717, 1.165) is 19.5 Å². The summed E-state index contributed by atoms with van der Waals surface area (Å²) in [5.74, 6) is 0. The lowest BCUT2D eigenvalue weighted by molar-refractivity contribution is 0.462. The van der Waals surface area contributed by atoms with Crippen LogP contribution in [0.5, 0.6) is 0 Å². The first-order chi connectivity index (χ1) is 8.30. The highest BCUT2D eigenvalue weighted by Crippen LogP contribution is 2.08. The summed E-state index contributed by atoms with van der Waals surface area (Å²) >= 11 is 0. The molecule has 1 unspecified atom stereocenters. The van der Waals surface area contributed by atoms with Gasteiger partial charge >= 0.3 is 0 Å². The number of aromatic nitrogens is 2. The molecular weight excluding hydrogens is 210 g/mol. The van der Waals surface area contributed by atoms with Crippen LogP contribution in [0.2, 0.25) is 0 Å². The molecule has 1 N–H and O–H groups in total. The number of unbranched alkanes of at least 4 members (excludes halogenated alkanes) is 1. The molecule has 0 saturated carbocycles. The Labute approximate surface area is 106 Å². The molecule has 0 aliphatic rings. The van der Waals surface area contributed by atoms with E-state index in [1.807, 2.05) is 10.9 Å². The van der Waals surface area contributed by atoms with E-state index < -0.39 is 0 Å². The lowest BCUT2D eigenvalue weighted by atomic mass is 10.0. The van der Waals surface area contributed by atoms with Crippen molar-refractivity contribution in [1.29, 1.82) is 0 Å². The maximum Gasteiger partial charge on any atom is 0.0522 e. The Morgan fingerprint density at radius 3 is 2.71 bits per heavy atom. The molecule has 0 aliphatic carbocycles. The summed E-state index contributed by atoms with van der Waals surface area (Å²) < 4.78 is 2.01. The van der Waals surface area contributed by atoms with E-state index in [0.29, 0.717) is 6.04 Å². The van der Waals surface area contributed by atoms with Gasteiger partial charge in [-0.25, -0.2) is 0 Å². The van der Waals surface area contributed by atoms with Gasteiger partial charge in [0.15, 0.2) is 0 Å². The Balaban J connectivity index is 2.45. The minimum Gasteiger partial charge on any atom is -0.314 e. The summed E-state index contributed by atoms with van der Waals surface area (Å²) in [5, 5.41) is 7.98. The van der Waals surface area contributed by atoms with Crippen LogP contribution in [0.25, 0.3) is 0 Å². The van der Waals surface area contributed by atoms with E-state index in [1.54, 1.807) is 0 Å². The van der Waals surface area contributed by atoms with Gasteiger partial charge < -0.3 is 5.32 Å². The topological polar surface area (TPSA) is 29.9 Å². The smallest absolute Gasteiger partial charge is 0.0522 e. The maximum absolute atomic E-state index is 4.34. The van der Waals surface area contributed by atoms with Crippen molar-refractivity contribution in [3.63, 3.8) is 0 Å². The zero-order valence-electron chi connectivity index (χ0n) is 11.6. The van der Waals surface area contributed by atoms with E-state index in [2.05, 4.69) is 37.4 Å². The summed E-state index contributed by atoms with van der Waals surface area (Å²) in [7, 11) is 0. The van der Waals surface area contributed by atoms with Gasteiger partial charge in [0.1, 0.15) is 0 Å². The van der Waals surface area contributed by atoms with E-state index in [-0.39, 0.29) is 0 Å². The van der Waals surface area contributed by atoms with Crippen LogP contribution in [0.3, 0.4) is 0 Å². The average molecular weight is 237 g/mol. The van der Waals surface area contributed by atoms with Crippen LogP contribution in [0, 0.1) is 0 Å². The third-order valence-corrected chi connectivity index (χ3v) is 3.08. The molecular formula is C14H27N3. The molecule has 3 heteroatoms. The Morgan fingerprint density at radius 1 is 1.29 bits per heavy atom. The van der Waals surface area contributed by atoms with Gasteiger partial charge in [-0.1, -0.05) is 26.7 Å². The fourth-order valence-electron chi connectivity index (χ4n) is 2.04. The number of hydrogen-bond acceptors (Lipinski definition) is 2. The minimum absolute atomic E-state index is 0.615. The van der Waals surface area contributed by atoms with Crippen LogP contribution in [0.15, 0.2) is 12.4 Å². The Kier molecular flexibility index (Phi) is 6.94. The first-order valence-electron chi connectivity index (χ1n) is 7.04. The molecule has 1 aromatic heterocycles. The van der Waals surface area contributed by atoms with Gasteiger partial charge in [-0.15, -0.1) is 0 Å². The molecule has 1 atom stereocenters. The van der Waals surface area contributed by atoms with Crippen molar-refractivity contribution in [3.8, 4) is 0 Å². The van der Waals surface area contributed by atoms with E-state index in [4.69, 9.17) is 0 Å². The summed E-state index contributed by atoms with van der Waals surface area (Å²) in [5.41, 5.74) is 1.36. The first-order valence-corrected chi connectivity index (χ1v) is 7.04. The summed E-state index contributed by atoms with van der Waals surface area (Å²) in [4.78, 5) is 0. The average Bonchev–Trinajstić information content (AvgIpc) is 2.80. The second-order valence-corrected chi connectivity index (χ2v) is 4.70. The second kappa shape index (κ2) is 8.29. The van der Waals surface area contributed by atoms with E-state index in [1.165, 1.54) is 31.2 Å². The van der Waals surface area contributed by atoms with Crippen molar-refractivity contribution in [1.82, 2.24) is 15.1 Å². The van der Waals surface area contributed by atoms with E-state index >= 15 is 0 Å². The fraction of sp³-hybridized carbons (Fsp3) is 0.786. The number of nitrogens with one attached hydrogen (secondary N) is 1. The molecule has 17 heavy (non-hydrogen) atoms. The summed E-state index contributed by atoms with van der Waals surface area (Å²) in [6, 6.07) is 0.615. The van der Waals surface area contributed by atoms with Crippen molar-refractivity contribution < 1.29 is 0 Å². The van der Waals surface area contributed by atoms with Crippen molar-refractivity contribution >= 4 is 0 Å². The molecule has 3 nitrogen and oxygen atoms in total. The van der Waals surface area contributed by atoms with Crippen LogP contribution in [0.4, 0.5) is 0 Å². The molecule has 0 aromatic carbocycles. The van der Waals surface area contributed by atoms with Crippen LogP contribution in [-0.4, -0.2) is 22.4 Å². The lowest BCUT2D eigenvalue weighted by Gasteiger charge is -2.17. The van der Waals surface area contributed by atoms with Crippen LogP contribution < -0.4 is 5.32 Å². The standard InChI is InChI=1S/C14H27N3/c1-4-7-8-14(15-9-5-2)10-13-11-16-17(6-3)12-13/h11-12,14-15H,4-10H2,1-3H3. The molecule has 0 radical (unpaired) electrons. The quantitative estimate of drug-likeness (QED) is 0.715. The van der Waals surface area contributed by atoms with Gasteiger partial charge in [-0.2, -0.15) is 5.10 Å². The summed E-state index contributed by atoms with van der Waals surface area (Å²) in [6.07, 6.45) is 10.4. The highest BCUT2D eigenvalue weighted by atomic mass is 15.3. The Morgan fingerprint density at radius 2 is 2.12 bits per heavy atom. The third-order valence-electron chi connectivity index (χ3n) is 3.08. The van der Waals surface area contributed by atoms with Crippen LogP contribution >= 0.6 is 0 Å². The normalized spacial score (nSPS) is 12.9. The molecule has 0 saturated heterocycles. The maximum atomic E-state index is 4.34. The largest absolute Gasteiger partial charge is 0.314 e. The number of hydrogen-bond donors (Lipinski definition) is 1. The zero-order valence-corrected chi connectivity index (χ0v) is 11.6. The van der Waals surface area contributed by atoms with Crippen molar-refractivity contribution in [3.05, 3.63) is 18.0 Å². The first kappa shape index (κ1) is 14.2. The van der Waals surface area contributed by atoms with Crippen LogP contribution in [0.1, 0.15) is 52.0 Å². The molecule has 1 aromatic rings. The molecule has 1 rings (SSSR count). The predicted molar refractivity (Wildman–Crippen MR) is 73.2 cm³/mol. The molecule has 0 bridgehead atoms. The summed E-state index contributed by atoms with van der Waals surface area (Å²) in [6.45, 7) is 8.68. The molecule has 0 aliphatic heterocycles. The number of aryl methyl sites for hydroxylation is 1. The monoisotopic (exact) mass is 237 g/mol. The predicted octanol–water partition coefficient (Wildman–Crippen LogP) is 3.00. The lowest BCUT2D eigenvalue weighted by Crippen LogP contribution is -2.31. The SMILES string of the molecule is CCCCC(Cc1cnn(CC)c1)NCCC. The van der Waals surface area contributed by atoms with Gasteiger partial charge in [0, 0.05) is 18.8 Å². The van der Waals surface area contributed by atoms with E-state index in [9.17, 15) is 0 Å². The van der Waals surface area contributed by atoms with Crippen LogP contribution in [-0.2, 0) is 13.0 Å². The second-order valence-electron chi connectivity index (χ2n) is 4.70. The highest BCUT2D eigenvalue weighted by molar-refractivity contribution is 5.06. The third kappa shape index (κ3) is 5.35. The van der Waals surface area contributed by atoms with Crippen molar-refractivity contribution in [2.45, 2.75) is 65.5 Å². The Bertz CT molecular complexity index is 285. The Hall–Kier alpha value is -0.830. The van der Waals surface area contributed by atoms with Crippen molar-refractivity contribution in [2.24, 2.45) is 0 Å². The molecule has 0 spiro atoms. The molecule has 1 heterocycles. The number of nitrogens with zero attached hydrogens (tertiary/aromatic N) is 2. The van der Waals surface area contributed by atoms with Gasteiger partial charge in [0.2, 0.25) is 0 Å². The number of rotatable bonds is 9.